The Hall–Kier alpha value is -3.68. The Morgan fingerprint density at radius 1 is 1.10 bits per heavy atom. The number of halogens is 1. The normalized spacial score (nSPS) is 13.1. The van der Waals surface area contributed by atoms with E-state index in [1.807, 2.05) is 24.3 Å². The molecule has 30 heavy (non-hydrogen) atoms. The summed E-state index contributed by atoms with van der Waals surface area (Å²) in [7, 11) is 1.54. The van der Waals surface area contributed by atoms with Gasteiger partial charge in [0.1, 0.15) is 23.5 Å². The van der Waals surface area contributed by atoms with Gasteiger partial charge in [-0.3, -0.25) is 4.79 Å². The molecule has 3 rings (SSSR count). The standard InChI is InChI=1S/C22H20ClN5O2/c1-30-21-7-2-17(23)12-20(21)22(29)28-10-8-27(9-11-28)19-5-3-18(4-6-19)26-15-16(13-24)14-25/h2-7,12,15,26H,8-11H2,1H3. The summed E-state index contributed by atoms with van der Waals surface area (Å²) in [6.07, 6.45) is 1.38. The summed E-state index contributed by atoms with van der Waals surface area (Å²) >= 11 is 6.05. The molecule has 0 atom stereocenters. The molecule has 0 aromatic heterocycles. The molecule has 7 nitrogen and oxygen atoms in total. The van der Waals surface area contributed by atoms with Crippen LogP contribution in [0.15, 0.2) is 54.2 Å². The third-order valence-electron chi connectivity index (χ3n) is 4.82. The first-order valence-electron chi connectivity index (χ1n) is 9.30. The summed E-state index contributed by atoms with van der Waals surface area (Å²) in [6, 6.07) is 16.3. The number of carbonyl (C=O) groups excluding carboxylic acids is 1. The number of methoxy groups -OCH3 is 1. The van der Waals surface area contributed by atoms with Crippen LogP contribution in [0.25, 0.3) is 0 Å². The van der Waals surface area contributed by atoms with Gasteiger partial charge in [-0.15, -0.1) is 0 Å². The topological polar surface area (TPSA) is 92.4 Å². The number of carbonyl (C=O) groups is 1. The van der Waals surface area contributed by atoms with Gasteiger partial charge in [-0.25, -0.2) is 0 Å². The van der Waals surface area contributed by atoms with Crippen LogP contribution >= 0.6 is 11.6 Å². The Bertz CT molecular complexity index is 1010. The molecule has 1 N–H and O–H groups in total. The number of amides is 1. The lowest BCUT2D eigenvalue weighted by Crippen LogP contribution is -2.48. The molecular weight excluding hydrogens is 402 g/mol. The molecule has 0 aliphatic carbocycles. The number of piperazine rings is 1. The molecule has 1 aliphatic rings. The van der Waals surface area contributed by atoms with Crippen LogP contribution in [0.3, 0.4) is 0 Å². The van der Waals surface area contributed by atoms with Crippen LogP contribution in [-0.2, 0) is 0 Å². The maximum absolute atomic E-state index is 12.9. The van der Waals surface area contributed by atoms with E-state index in [4.69, 9.17) is 26.9 Å². The fraction of sp³-hybridized carbons (Fsp3) is 0.227. The highest BCUT2D eigenvalue weighted by Crippen LogP contribution is 2.25. The Morgan fingerprint density at radius 3 is 2.37 bits per heavy atom. The summed E-state index contributed by atoms with van der Waals surface area (Å²) in [4.78, 5) is 16.9. The van der Waals surface area contributed by atoms with Crippen LogP contribution in [0.5, 0.6) is 5.75 Å². The number of nitrogens with zero attached hydrogens (tertiary/aromatic N) is 4. The minimum Gasteiger partial charge on any atom is -0.496 e. The van der Waals surface area contributed by atoms with Gasteiger partial charge in [0.2, 0.25) is 0 Å². The van der Waals surface area contributed by atoms with Gasteiger partial charge >= 0.3 is 0 Å². The Balaban J connectivity index is 1.61. The number of nitriles is 2. The Morgan fingerprint density at radius 2 is 1.77 bits per heavy atom. The second kappa shape index (κ2) is 9.69. The van der Waals surface area contributed by atoms with E-state index in [1.165, 1.54) is 13.3 Å². The lowest BCUT2D eigenvalue weighted by atomic mass is 10.1. The van der Waals surface area contributed by atoms with E-state index in [0.29, 0.717) is 42.5 Å². The number of anilines is 2. The molecule has 152 valence electrons. The zero-order chi connectivity index (χ0) is 21.5. The molecular formula is C22H20ClN5O2. The molecule has 0 bridgehead atoms. The quantitative estimate of drug-likeness (QED) is 0.741. The van der Waals surface area contributed by atoms with Crippen molar-refractivity contribution in [3.8, 4) is 17.9 Å². The van der Waals surface area contributed by atoms with E-state index in [0.717, 1.165) is 11.4 Å². The van der Waals surface area contributed by atoms with Gasteiger partial charge in [0, 0.05) is 48.8 Å². The van der Waals surface area contributed by atoms with Gasteiger partial charge < -0.3 is 19.9 Å². The van der Waals surface area contributed by atoms with E-state index < -0.39 is 0 Å². The second-order valence-electron chi connectivity index (χ2n) is 6.60. The predicted octanol–water partition coefficient (Wildman–Crippen LogP) is 3.65. The summed E-state index contributed by atoms with van der Waals surface area (Å²) in [6.45, 7) is 2.58. The highest BCUT2D eigenvalue weighted by Gasteiger charge is 2.24. The number of nitrogens with one attached hydrogen (secondary N) is 1. The molecule has 1 saturated heterocycles. The van der Waals surface area contributed by atoms with Crippen molar-refractivity contribution in [2.24, 2.45) is 0 Å². The number of hydrogen-bond acceptors (Lipinski definition) is 6. The molecule has 1 fully saturated rings. The molecule has 1 amide bonds. The van der Waals surface area contributed by atoms with Crippen molar-refractivity contribution in [3.63, 3.8) is 0 Å². The summed E-state index contributed by atoms with van der Waals surface area (Å²) in [5.41, 5.74) is 2.30. The third kappa shape index (κ3) is 4.83. The largest absolute Gasteiger partial charge is 0.496 e. The van der Waals surface area contributed by atoms with Crippen molar-refractivity contribution in [2.45, 2.75) is 0 Å². The SMILES string of the molecule is COc1ccc(Cl)cc1C(=O)N1CCN(c2ccc(NC=C(C#N)C#N)cc2)CC1. The van der Waals surface area contributed by atoms with E-state index in [9.17, 15) is 4.79 Å². The van der Waals surface area contributed by atoms with Crippen molar-refractivity contribution < 1.29 is 9.53 Å². The number of allylic oxidation sites excluding steroid dienone is 1. The van der Waals surface area contributed by atoms with Crippen molar-refractivity contribution in [2.75, 3.05) is 43.5 Å². The van der Waals surface area contributed by atoms with E-state index in [1.54, 1.807) is 35.2 Å². The number of benzene rings is 2. The number of rotatable bonds is 5. The summed E-state index contributed by atoms with van der Waals surface area (Å²) in [5.74, 6) is 0.422. The molecule has 0 radical (unpaired) electrons. The molecule has 0 spiro atoms. The molecule has 1 heterocycles. The Labute approximate surface area is 180 Å². The maximum atomic E-state index is 12.9. The van der Waals surface area contributed by atoms with Gasteiger partial charge in [0.25, 0.3) is 5.91 Å². The smallest absolute Gasteiger partial charge is 0.257 e. The minimum absolute atomic E-state index is 0.0104. The summed E-state index contributed by atoms with van der Waals surface area (Å²) in [5, 5.41) is 21.0. The van der Waals surface area contributed by atoms with Crippen LogP contribution in [0.4, 0.5) is 11.4 Å². The first-order valence-corrected chi connectivity index (χ1v) is 9.68. The van der Waals surface area contributed by atoms with E-state index in [-0.39, 0.29) is 11.5 Å². The molecule has 0 saturated carbocycles. The van der Waals surface area contributed by atoms with E-state index in [2.05, 4.69) is 10.2 Å². The highest BCUT2D eigenvalue weighted by molar-refractivity contribution is 6.31. The molecule has 2 aromatic carbocycles. The van der Waals surface area contributed by atoms with Gasteiger partial charge in [-0.05, 0) is 42.5 Å². The predicted molar refractivity (Wildman–Crippen MR) is 115 cm³/mol. The van der Waals surface area contributed by atoms with Gasteiger partial charge in [-0.1, -0.05) is 11.6 Å². The van der Waals surface area contributed by atoms with Crippen LogP contribution in [0.2, 0.25) is 5.02 Å². The average molecular weight is 422 g/mol. The zero-order valence-electron chi connectivity index (χ0n) is 16.4. The highest BCUT2D eigenvalue weighted by atomic mass is 35.5. The van der Waals surface area contributed by atoms with Crippen molar-refractivity contribution in [3.05, 3.63) is 64.8 Å². The average Bonchev–Trinajstić information content (AvgIpc) is 2.80. The zero-order valence-corrected chi connectivity index (χ0v) is 17.2. The molecule has 0 unspecified atom stereocenters. The molecule has 2 aromatic rings. The van der Waals surface area contributed by atoms with E-state index >= 15 is 0 Å². The monoisotopic (exact) mass is 421 g/mol. The molecule has 8 heteroatoms. The number of ether oxygens (including phenoxy) is 1. The van der Waals surface area contributed by atoms with Crippen molar-refractivity contribution in [1.29, 1.82) is 10.5 Å². The minimum atomic E-state index is -0.0916. The second-order valence-corrected chi connectivity index (χ2v) is 7.03. The summed E-state index contributed by atoms with van der Waals surface area (Å²) < 4.78 is 5.30. The third-order valence-corrected chi connectivity index (χ3v) is 5.05. The van der Waals surface area contributed by atoms with Crippen molar-refractivity contribution in [1.82, 2.24) is 4.90 Å². The fourth-order valence-electron chi connectivity index (χ4n) is 3.20. The van der Waals surface area contributed by atoms with Crippen LogP contribution in [0, 0.1) is 22.7 Å². The van der Waals surface area contributed by atoms with Gasteiger partial charge in [0.05, 0.1) is 12.7 Å². The van der Waals surface area contributed by atoms with Gasteiger partial charge in [-0.2, -0.15) is 10.5 Å². The first kappa shape index (κ1) is 21.0. The lowest BCUT2D eigenvalue weighted by molar-refractivity contribution is 0.0743. The molecule has 1 aliphatic heterocycles. The van der Waals surface area contributed by atoms with Gasteiger partial charge in [0.15, 0.2) is 0 Å². The van der Waals surface area contributed by atoms with Crippen molar-refractivity contribution >= 4 is 28.9 Å². The lowest BCUT2D eigenvalue weighted by Gasteiger charge is -2.36. The fourth-order valence-corrected chi connectivity index (χ4v) is 3.37. The van der Waals surface area contributed by atoms with Crippen LogP contribution in [-0.4, -0.2) is 44.1 Å². The first-order chi connectivity index (χ1) is 14.5. The van der Waals surface area contributed by atoms with Crippen LogP contribution < -0.4 is 15.0 Å². The van der Waals surface area contributed by atoms with Crippen LogP contribution in [0.1, 0.15) is 10.4 Å². The Kier molecular flexibility index (Phi) is 6.79. The maximum Gasteiger partial charge on any atom is 0.257 e. The number of hydrogen-bond donors (Lipinski definition) is 1.